The number of carbonyl (C=O) groups is 2. The molecule has 2 rings (SSSR count). The Bertz CT molecular complexity index is 583. The van der Waals surface area contributed by atoms with Crippen molar-refractivity contribution >= 4 is 29.1 Å². The Balaban J connectivity index is 0.000000871. The maximum absolute atomic E-state index is 11.7. The molecule has 0 aliphatic carbocycles. The van der Waals surface area contributed by atoms with Crippen molar-refractivity contribution < 1.29 is 31.8 Å². The number of pyridine rings is 1. The summed E-state index contributed by atoms with van der Waals surface area (Å²) in [6.07, 6.45) is 3.12. The number of thiocarbonyl (C=S) groups is 1. The molecule has 125 valence electrons. The van der Waals surface area contributed by atoms with E-state index in [1.165, 1.54) is 0 Å². The predicted molar refractivity (Wildman–Crippen MR) is 86.3 cm³/mol. The van der Waals surface area contributed by atoms with Crippen molar-refractivity contribution in [3.63, 3.8) is 0 Å². The van der Waals surface area contributed by atoms with Crippen LogP contribution in [-0.4, -0.2) is 27.0 Å². The van der Waals surface area contributed by atoms with Crippen LogP contribution in [0.25, 0.3) is 0 Å². The van der Waals surface area contributed by atoms with Crippen LogP contribution in [0.4, 0.5) is 0 Å². The molecule has 1 aromatic heterocycles. The Morgan fingerprint density at radius 2 is 1.52 bits per heavy atom. The smallest absolute Gasteiger partial charge is 0.300 e. The maximum atomic E-state index is 11.7. The molecule has 0 bridgehead atoms. The fourth-order valence-corrected chi connectivity index (χ4v) is 1.54. The first kappa shape index (κ1) is 20.7. The number of aliphatic carboxylic acids is 1. The summed E-state index contributed by atoms with van der Waals surface area (Å²) in [7, 11) is 0. The minimum absolute atomic E-state index is 0. The van der Waals surface area contributed by atoms with Crippen molar-refractivity contribution in [1.29, 1.82) is 0 Å². The van der Waals surface area contributed by atoms with Crippen molar-refractivity contribution in [2.75, 3.05) is 0 Å². The molecule has 1 heterocycles. The molecule has 2 aromatic rings. The van der Waals surface area contributed by atoms with Crippen molar-refractivity contribution in [2.24, 2.45) is 0 Å². The van der Waals surface area contributed by atoms with Crippen LogP contribution in [0.5, 0.6) is 0 Å². The first-order valence-corrected chi connectivity index (χ1v) is 6.67. The first-order valence-electron chi connectivity index (χ1n) is 6.26. The minimum Gasteiger partial charge on any atom is -0.481 e. The van der Waals surface area contributed by atoms with E-state index in [-0.39, 0.29) is 23.0 Å². The van der Waals surface area contributed by atoms with E-state index in [0.717, 1.165) is 12.5 Å². The number of hydrogen-bond acceptors (Lipinski definition) is 4. The van der Waals surface area contributed by atoms with Gasteiger partial charge in [0, 0.05) is 47.5 Å². The number of amides is 1. The fraction of sp³-hybridized carbons (Fsp3) is 0.0667. The molecule has 0 saturated carbocycles. The van der Waals surface area contributed by atoms with Crippen LogP contribution in [0.3, 0.4) is 0 Å². The van der Waals surface area contributed by atoms with Gasteiger partial charge in [0.25, 0.3) is 11.9 Å². The normalized spacial score (nSPS) is 8.57. The molecule has 6 nitrogen and oxygen atoms in total. The van der Waals surface area contributed by atoms with Gasteiger partial charge in [-0.05, 0) is 12.1 Å². The third kappa shape index (κ3) is 8.67. The fourth-order valence-electron chi connectivity index (χ4n) is 1.35. The van der Waals surface area contributed by atoms with Gasteiger partial charge >= 0.3 is 0 Å². The Kier molecular flexibility index (Phi) is 10.2. The predicted octanol–water partition coefficient (Wildman–Crippen LogP) is 1.78. The SMILES string of the molecule is CC(=O)O.O=C(NNC(=S)c1ccccc1)c1ccncc1.[Cu]. The van der Waals surface area contributed by atoms with Crippen LogP contribution >= 0.6 is 12.2 Å². The Morgan fingerprint density at radius 1 is 1.00 bits per heavy atom. The number of rotatable bonds is 2. The van der Waals surface area contributed by atoms with Gasteiger partial charge in [0.1, 0.15) is 4.99 Å². The number of hydrogen-bond donors (Lipinski definition) is 3. The van der Waals surface area contributed by atoms with Crippen LogP contribution < -0.4 is 10.9 Å². The van der Waals surface area contributed by atoms with Gasteiger partial charge in [-0.25, -0.2) is 0 Å². The average Bonchev–Trinajstić information content (AvgIpc) is 2.53. The van der Waals surface area contributed by atoms with Gasteiger partial charge in [-0.2, -0.15) is 0 Å². The zero-order valence-electron chi connectivity index (χ0n) is 12.1. The zero-order chi connectivity index (χ0) is 16.4. The van der Waals surface area contributed by atoms with Crippen LogP contribution in [0.1, 0.15) is 22.8 Å². The second-order valence-corrected chi connectivity index (χ2v) is 4.44. The molecule has 1 amide bonds. The maximum Gasteiger partial charge on any atom is 0.300 e. The molecule has 0 spiro atoms. The van der Waals surface area contributed by atoms with Gasteiger partial charge in [0.05, 0.1) is 0 Å². The number of aromatic nitrogens is 1. The Hall–Kier alpha value is -2.28. The summed E-state index contributed by atoms with van der Waals surface area (Å²) in [6.45, 7) is 1.08. The summed E-state index contributed by atoms with van der Waals surface area (Å²) in [4.78, 5) is 25.0. The van der Waals surface area contributed by atoms with Crippen molar-refractivity contribution in [1.82, 2.24) is 15.8 Å². The molecular weight excluding hydrogens is 366 g/mol. The Morgan fingerprint density at radius 3 is 2.04 bits per heavy atom. The van der Waals surface area contributed by atoms with Crippen molar-refractivity contribution in [2.45, 2.75) is 6.92 Å². The Labute approximate surface area is 149 Å². The summed E-state index contributed by atoms with van der Waals surface area (Å²) < 4.78 is 0. The van der Waals surface area contributed by atoms with Crippen LogP contribution in [0.2, 0.25) is 0 Å². The molecule has 3 N–H and O–H groups in total. The van der Waals surface area contributed by atoms with Gasteiger partial charge < -0.3 is 5.11 Å². The number of hydrazine groups is 1. The molecule has 0 fully saturated rings. The molecular formula is C15H15CuN3O3S. The van der Waals surface area contributed by atoms with Gasteiger partial charge in [-0.15, -0.1) is 0 Å². The third-order valence-corrected chi connectivity index (χ3v) is 2.61. The standard InChI is InChI=1S/C13H11N3OS.C2H4O2.Cu/c17-12(10-6-8-14-9-7-10)15-16-13(18)11-4-2-1-3-5-11;1-2(3)4;/h1-9H,(H,15,17)(H,16,18);1H3,(H,3,4);. The van der Waals surface area contributed by atoms with Crippen molar-refractivity contribution in [3.05, 3.63) is 66.0 Å². The molecule has 0 unspecified atom stereocenters. The summed E-state index contributed by atoms with van der Waals surface area (Å²) in [6, 6.07) is 12.7. The summed E-state index contributed by atoms with van der Waals surface area (Å²) in [5.74, 6) is -1.09. The van der Waals surface area contributed by atoms with Crippen molar-refractivity contribution in [3.8, 4) is 0 Å². The topological polar surface area (TPSA) is 91.3 Å². The minimum atomic E-state index is -0.833. The molecule has 8 heteroatoms. The number of nitrogens with zero attached hydrogens (tertiary/aromatic N) is 1. The summed E-state index contributed by atoms with van der Waals surface area (Å²) in [5.41, 5.74) is 6.62. The van der Waals surface area contributed by atoms with Gasteiger partial charge in [0.2, 0.25) is 0 Å². The van der Waals surface area contributed by atoms with Gasteiger partial charge in [-0.3, -0.25) is 25.4 Å². The number of carboxylic acids is 1. The van der Waals surface area contributed by atoms with Crippen LogP contribution in [0, 0.1) is 0 Å². The van der Waals surface area contributed by atoms with E-state index in [1.54, 1.807) is 24.5 Å². The molecule has 0 aliphatic heterocycles. The van der Waals surface area contributed by atoms with E-state index in [9.17, 15) is 4.79 Å². The average molecular weight is 381 g/mol. The number of carbonyl (C=O) groups excluding carboxylic acids is 1. The van der Waals surface area contributed by atoms with Gasteiger partial charge in [-0.1, -0.05) is 42.5 Å². The molecule has 1 aromatic carbocycles. The first-order chi connectivity index (χ1) is 10.5. The molecule has 1 radical (unpaired) electrons. The molecule has 0 atom stereocenters. The van der Waals surface area contributed by atoms with E-state index in [0.29, 0.717) is 10.6 Å². The number of nitrogens with one attached hydrogen (secondary N) is 2. The molecule has 0 aliphatic rings. The molecule has 0 saturated heterocycles. The summed E-state index contributed by atoms with van der Waals surface area (Å²) in [5, 5.41) is 7.42. The van der Waals surface area contributed by atoms with Crippen LogP contribution in [0.15, 0.2) is 54.9 Å². The zero-order valence-corrected chi connectivity index (χ0v) is 13.9. The third-order valence-electron chi connectivity index (χ3n) is 2.27. The van der Waals surface area contributed by atoms with E-state index in [2.05, 4.69) is 15.8 Å². The van der Waals surface area contributed by atoms with Crippen LogP contribution in [-0.2, 0) is 21.9 Å². The number of carboxylic acid groups (broad SMARTS) is 1. The largest absolute Gasteiger partial charge is 0.481 e. The number of benzene rings is 1. The van der Waals surface area contributed by atoms with Gasteiger partial charge in [0.15, 0.2) is 0 Å². The second kappa shape index (κ2) is 11.3. The quantitative estimate of drug-likeness (QED) is 0.418. The van der Waals surface area contributed by atoms with E-state index in [4.69, 9.17) is 22.1 Å². The monoisotopic (exact) mass is 380 g/mol. The van der Waals surface area contributed by atoms with E-state index < -0.39 is 5.97 Å². The summed E-state index contributed by atoms with van der Waals surface area (Å²) >= 11 is 5.15. The van der Waals surface area contributed by atoms with E-state index in [1.807, 2.05) is 30.3 Å². The van der Waals surface area contributed by atoms with E-state index >= 15 is 0 Å². The second-order valence-electron chi connectivity index (χ2n) is 4.03. The molecule has 23 heavy (non-hydrogen) atoms.